The third kappa shape index (κ3) is 8.81. The average molecular weight is 508 g/mol. The van der Waals surface area contributed by atoms with Crippen LogP contribution in [0.3, 0.4) is 0 Å². The van der Waals surface area contributed by atoms with E-state index in [-0.39, 0.29) is 18.3 Å². The zero-order valence-corrected chi connectivity index (χ0v) is 20.8. The predicted octanol–water partition coefficient (Wildman–Crippen LogP) is 5.44. The highest BCUT2D eigenvalue weighted by Gasteiger charge is 2.22. The quantitative estimate of drug-likeness (QED) is 0.320. The van der Waals surface area contributed by atoms with E-state index in [2.05, 4.69) is 0 Å². The molecule has 178 valence electrons. The molecule has 3 aromatic rings. The van der Waals surface area contributed by atoms with Crippen molar-refractivity contribution in [2.75, 3.05) is 6.54 Å². The smallest absolute Gasteiger partial charge is 0.407 e. The maximum absolute atomic E-state index is 13.1. The third-order valence-electron chi connectivity index (χ3n) is 5.16. The molecule has 0 saturated carbocycles. The van der Waals surface area contributed by atoms with E-state index in [1.54, 1.807) is 22.7 Å². The topological polar surface area (TPSA) is 86.9 Å². The molecule has 2 aromatic heterocycles. The van der Waals surface area contributed by atoms with E-state index in [1.807, 2.05) is 70.3 Å². The Morgan fingerprint density at radius 3 is 1.97 bits per heavy atom. The van der Waals surface area contributed by atoms with Crippen molar-refractivity contribution < 1.29 is 14.7 Å². The summed E-state index contributed by atoms with van der Waals surface area (Å²) in [6.45, 7) is 1.87. The first kappa shape index (κ1) is 26.9. The van der Waals surface area contributed by atoms with E-state index in [4.69, 9.17) is 5.73 Å². The molecule has 0 unspecified atom stereocenters. The van der Waals surface area contributed by atoms with Gasteiger partial charge in [-0.05, 0) is 47.7 Å². The number of benzene rings is 1. The molecule has 0 aliphatic heterocycles. The number of carbonyl (C=O) groups excluding carboxylic acids is 1. The first-order valence-corrected chi connectivity index (χ1v) is 12.4. The maximum atomic E-state index is 13.1. The summed E-state index contributed by atoms with van der Waals surface area (Å²) in [7, 11) is 0. The van der Waals surface area contributed by atoms with Gasteiger partial charge in [-0.25, -0.2) is 4.79 Å². The Morgan fingerprint density at radius 2 is 1.45 bits per heavy atom. The van der Waals surface area contributed by atoms with E-state index < -0.39 is 12.1 Å². The van der Waals surface area contributed by atoms with Crippen molar-refractivity contribution in [1.29, 1.82) is 0 Å². The van der Waals surface area contributed by atoms with Crippen molar-refractivity contribution in [3.8, 4) is 0 Å². The van der Waals surface area contributed by atoms with Gasteiger partial charge in [0.25, 0.3) is 0 Å². The molecule has 2 heterocycles. The van der Waals surface area contributed by atoms with Crippen LogP contribution in [0.25, 0.3) is 0 Å². The van der Waals surface area contributed by atoms with Gasteiger partial charge < -0.3 is 20.6 Å². The number of hydrogen-bond donors (Lipinski definition) is 2. The molecule has 0 aliphatic carbocycles. The molecule has 3 rings (SSSR count). The molecule has 1 aromatic carbocycles. The van der Waals surface area contributed by atoms with Crippen molar-refractivity contribution in [2.45, 2.75) is 44.9 Å². The Morgan fingerprint density at radius 1 is 0.848 bits per heavy atom. The second kappa shape index (κ2) is 14.0. The minimum atomic E-state index is -0.938. The van der Waals surface area contributed by atoms with E-state index in [1.165, 1.54) is 4.90 Å². The number of rotatable bonds is 12. The average Bonchev–Trinajstić information content (AvgIpc) is 3.49. The predicted molar refractivity (Wildman–Crippen MR) is 137 cm³/mol. The lowest BCUT2D eigenvalue weighted by molar-refractivity contribution is -0.134. The summed E-state index contributed by atoms with van der Waals surface area (Å²) < 4.78 is 0. The largest absolute Gasteiger partial charge is 0.465 e. The monoisotopic (exact) mass is 507 g/mol. The molecule has 1 atom stereocenters. The van der Waals surface area contributed by atoms with Crippen molar-refractivity contribution in [2.24, 2.45) is 5.73 Å². The SMILES string of the molecule is Cl.N[C@H](CCCCN(Cc1ccccc1)C(=O)O)C(=O)N(Cc1cccs1)Cc1cccs1. The van der Waals surface area contributed by atoms with Gasteiger partial charge in [0.05, 0.1) is 19.1 Å². The van der Waals surface area contributed by atoms with Gasteiger partial charge in [0.15, 0.2) is 0 Å². The van der Waals surface area contributed by atoms with Crippen molar-refractivity contribution in [1.82, 2.24) is 9.80 Å². The van der Waals surface area contributed by atoms with Crippen LogP contribution >= 0.6 is 35.1 Å². The summed E-state index contributed by atoms with van der Waals surface area (Å²) >= 11 is 3.26. The summed E-state index contributed by atoms with van der Waals surface area (Å²) in [6, 6.07) is 17.0. The number of halogens is 1. The molecule has 33 heavy (non-hydrogen) atoms. The first-order valence-electron chi connectivity index (χ1n) is 10.6. The molecule has 0 radical (unpaired) electrons. The highest BCUT2D eigenvalue weighted by Crippen LogP contribution is 2.19. The first-order chi connectivity index (χ1) is 15.5. The second-order valence-corrected chi connectivity index (χ2v) is 9.71. The lowest BCUT2D eigenvalue weighted by Gasteiger charge is -2.25. The highest BCUT2D eigenvalue weighted by atomic mass is 35.5. The normalized spacial score (nSPS) is 11.4. The summed E-state index contributed by atoms with van der Waals surface area (Å²) in [5.74, 6) is -0.0637. The van der Waals surface area contributed by atoms with Crippen LogP contribution in [0, 0.1) is 0 Å². The van der Waals surface area contributed by atoms with Gasteiger partial charge in [-0.1, -0.05) is 42.5 Å². The fraction of sp³-hybridized carbons (Fsp3) is 0.333. The summed E-state index contributed by atoms with van der Waals surface area (Å²) in [5, 5.41) is 13.5. The van der Waals surface area contributed by atoms with Gasteiger partial charge in [0.2, 0.25) is 5.91 Å². The molecule has 6 nitrogen and oxygen atoms in total. The molecule has 0 saturated heterocycles. The molecule has 3 N–H and O–H groups in total. The fourth-order valence-electron chi connectivity index (χ4n) is 3.46. The number of thiophene rings is 2. The zero-order valence-electron chi connectivity index (χ0n) is 18.3. The molecular weight excluding hydrogens is 478 g/mol. The molecule has 0 spiro atoms. The van der Waals surface area contributed by atoms with Gasteiger partial charge in [-0.15, -0.1) is 35.1 Å². The summed E-state index contributed by atoms with van der Waals surface area (Å²) in [6.07, 6.45) is 0.948. The number of carboxylic acid groups (broad SMARTS) is 1. The van der Waals surface area contributed by atoms with E-state index >= 15 is 0 Å². The molecule has 2 amide bonds. The van der Waals surface area contributed by atoms with Gasteiger partial charge in [-0.3, -0.25) is 4.79 Å². The molecule has 0 bridgehead atoms. The lowest BCUT2D eigenvalue weighted by atomic mass is 10.1. The molecular formula is C24H30ClN3O3S2. The Kier molecular flexibility index (Phi) is 11.4. The van der Waals surface area contributed by atoms with Crippen LogP contribution in [-0.4, -0.2) is 39.5 Å². The summed E-state index contributed by atoms with van der Waals surface area (Å²) in [5.41, 5.74) is 7.22. The molecule has 9 heteroatoms. The van der Waals surface area contributed by atoms with Crippen LogP contribution < -0.4 is 5.73 Å². The minimum Gasteiger partial charge on any atom is -0.465 e. The van der Waals surface area contributed by atoms with Gasteiger partial charge >= 0.3 is 6.09 Å². The maximum Gasteiger partial charge on any atom is 0.407 e. The second-order valence-electron chi connectivity index (χ2n) is 7.65. The summed E-state index contributed by atoms with van der Waals surface area (Å²) in [4.78, 5) is 30.1. The van der Waals surface area contributed by atoms with Crippen molar-refractivity contribution >= 4 is 47.1 Å². The Hall–Kier alpha value is -2.39. The van der Waals surface area contributed by atoms with E-state index in [9.17, 15) is 14.7 Å². The highest BCUT2D eigenvalue weighted by molar-refractivity contribution is 7.10. The van der Waals surface area contributed by atoms with E-state index in [0.29, 0.717) is 45.4 Å². The fourth-order valence-corrected chi connectivity index (χ4v) is 4.90. The van der Waals surface area contributed by atoms with Crippen molar-refractivity contribution in [3.05, 3.63) is 80.7 Å². The van der Waals surface area contributed by atoms with Crippen LogP contribution in [0.4, 0.5) is 4.79 Å². The van der Waals surface area contributed by atoms with Crippen LogP contribution in [0.1, 0.15) is 34.6 Å². The Labute approximate surface area is 209 Å². The van der Waals surface area contributed by atoms with Crippen LogP contribution in [0.5, 0.6) is 0 Å². The van der Waals surface area contributed by atoms with Gasteiger partial charge in [0, 0.05) is 22.8 Å². The number of carbonyl (C=O) groups is 2. The number of hydrogen-bond acceptors (Lipinski definition) is 5. The van der Waals surface area contributed by atoms with Crippen molar-refractivity contribution in [3.63, 3.8) is 0 Å². The van der Waals surface area contributed by atoms with Crippen LogP contribution in [0.15, 0.2) is 65.4 Å². The standard InChI is InChI=1S/C24H29N3O3S2.ClH/c25-22(12-4-5-13-26(24(29)30)16-19-8-2-1-3-9-19)23(28)27(17-20-10-6-14-31-20)18-21-11-7-15-32-21;/h1-3,6-11,14-15,22H,4-5,12-13,16-18,25H2,(H,29,30);1H/t22-;/m1./s1. The lowest BCUT2D eigenvalue weighted by Crippen LogP contribution is -2.43. The third-order valence-corrected chi connectivity index (χ3v) is 6.88. The van der Waals surface area contributed by atoms with Gasteiger partial charge in [-0.2, -0.15) is 0 Å². The minimum absolute atomic E-state index is 0. The Bertz CT molecular complexity index is 917. The number of nitrogens with zero attached hydrogens (tertiary/aromatic N) is 2. The molecule has 0 fully saturated rings. The van der Waals surface area contributed by atoms with E-state index in [0.717, 1.165) is 15.3 Å². The number of amides is 2. The number of unbranched alkanes of at least 4 members (excludes halogenated alkanes) is 1. The Balaban J connectivity index is 0.00000385. The molecule has 0 aliphatic rings. The van der Waals surface area contributed by atoms with Gasteiger partial charge in [0.1, 0.15) is 0 Å². The zero-order chi connectivity index (χ0) is 22.8. The van der Waals surface area contributed by atoms with Crippen LogP contribution in [-0.2, 0) is 24.4 Å². The number of nitrogens with two attached hydrogens (primary N) is 1. The van der Waals surface area contributed by atoms with Crippen LogP contribution in [0.2, 0.25) is 0 Å².